The fraction of sp³-hybridized carbons (Fsp3) is 0.286. The number of carbonyl (C=O) groups excluding carboxylic acids is 2. The van der Waals surface area contributed by atoms with Crippen LogP contribution in [0.15, 0.2) is 66.7 Å². The van der Waals surface area contributed by atoms with Gasteiger partial charge in [0.15, 0.2) is 11.5 Å². The summed E-state index contributed by atoms with van der Waals surface area (Å²) < 4.78 is 22.0. The second kappa shape index (κ2) is 10.5. The smallest absolute Gasteiger partial charge is 0.303 e. The number of rotatable bonds is 7. The van der Waals surface area contributed by atoms with E-state index in [2.05, 4.69) is 0 Å². The molecule has 2 atom stereocenters. The summed E-state index contributed by atoms with van der Waals surface area (Å²) in [6.45, 7) is 1.76. The summed E-state index contributed by atoms with van der Waals surface area (Å²) >= 11 is 0. The molecule has 1 heterocycles. The minimum Gasteiger partial charge on any atom is -0.497 e. The molecule has 0 spiro atoms. The first kappa shape index (κ1) is 24.1. The van der Waals surface area contributed by atoms with Crippen LogP contribution in [0.2, 0.25) is 0 Å². The molecule has 7 heteroatoms. The van der Waals surface area contributed by atoms with Gasteiger partial charge >= 0.3 is 5.97 Å². The summed E-state index contributed by atoms with van der Waals surface area (Å²) in [5, 5.41) is 0. The lowest BCUT2D eigenvalue weighted by molar-refractivity contribution is -0.160. The fourth-order valence-electron chi connectivity index (χ4n) is 4.53. The monoisotopic (exact) mass is 475 g/mol. The van der Waals surface area contributed by atoms with Crippen molar-refractivity contribution in [1.82, 2.24) is 4.90 Å². The average molecular weight is 476 g/mol. The molecule has 0 fully saturated rings. The van der Waals surface area contributed by atoms with Crippen LogP contribution in [-0.2, 0) is 20.7 Å². The third kappa shape index (κ3) is 4.94. The highest BCUT2D eigenvalue weighted by Gasteiger charge is 2.38. The number of fused-ring (bicyclic) bond motifs is 1. The van der Waals surface area contributed by atoms with Crippen molar-refractivity contribution in [2.45, 2.75) is 25.5 Å². The summed E-state index contributed by atoms with van der Waals surface area (Å²) in [5.41, 5.74) is 3.53. The quantitative estimate of drug-likeness (QED) is 0.469. The molecule has 1 aliphatic heterocycles. The van der Waals surface area contributed by atoms with Crippen LogP contribution in [0, 0.1) is 0 Å². The number of hydrogen-bond acceptors (Lipinski definition) is 6. The Balaban J connectivity index is 1.83. The van der Waals surface area contributed by atoms with E-state index in [9.17, 15) is 9.59 Å². The number of methoxy groups -OCH3 is 3. The number of benzene rings is 3. The highest BCUT2D eigenvalue weighted by molar-refractivity contribution is 5.86. The van der Waals surface area contributed by atoms with E-state index >= 15 is 0 Å². The zero-order valence-electron chi connectivity index (χ0n) is 20.3. The van der Waals surface area contributed by atoms with E-state index < -0.39 is 18.1 Å². The summed E-state index contributed by atoms with van der Waals surface area (Å²) in [5.74, 6) is 1.14. The van der Waals surface area contributed by atoms with E-state index in [0.717, 1.165) is 22.4 Å². The van der Waals surface area contributed by atoms with Crippen molar-refractivity contribution in [2.75, 3.05) is 27.9 Å². The van der Waals surface area contributed by atoms with Gasteiger partial charge in [-0.1, -0.05) is 42.5 Å². The van der Waals surface area contributed by atoms with Crippen molar-refractivity contribution in [3.63, 3.8) is 0 Å². The van der Waals surface area contributed by atoms with Crippen molar-refractivity contribution < 1.29 is 28.5 Å². The van der Waals surface area contributed by atoms with Crippen molar-refractivity contribution >= 4 is 11.9 Å². The molecule has 7 nitrogen and oxygen atoms in total. The Kier molecular flexibility index (Phi) is 7.25. The van der Waals surface area contributed by atoms with Crippen LogP contribution in [0.3, 0.4) is 0 Å². The zero-order chi connectivity index (χ0) is 24.9. The average Bonchev–Trinajstić information content (AvgIpc) is 2.90. The number of carbonyl (C=O) groups is 2. The minimum atomic E-state index is -1.05. The van der Waals surface area contributed by atoms with Crippen LogP contribution in [0.25, 0.3) is 0 Å². The molecule has 0 N–H and O–H groups in total. The molecular weight excluding hydrogens is 446 g/mol. The highest BCUT2D eigenvalue weighted by atomic mass is 16.5. The van der Waals surface area contributed by atoms with Gasteiger partial charge in [0.25, 0.3) is 5.91 Å². The molecule has 0 unspecified atom stereocenters. The molecular formula is C28H29NO6. The Hall–Kier alpha value is -4.00. The molecule has 182 valence electrons. The normalized spacial score (nSPS) is 15.5. The van der Waals surface area contributed by atoms with Crippen molar-refractivity contribution in [3.8, 4) is 17.2 Å². The molecule has 1 aliphatic rings. The third-order valence-electron chi connectivity index (χ3n) is 6.20. The molecule has 3 aromatic rings. The molecule has 1 amide bonds. The Morgan fingerprint density at radius 3 is 2.14 bits per heavy atom. The van der Waals surface area contributed by atoms with Crippen LogP contribution in [0.1, 0.15) is 41.3 Å². The van der Waals surface area contributed by atoms with Gasteiger partial charge in [-0.05, 0) is 47.4 Å². The van der Waals surface area contributed by atoms with Gasteiger partial charge in [-0.2, -0.15) is 0 Å². The van der Waals surface area contributed by atoms with Crippen LogP contribution in [0.4, 0.5) is 0 Å². The third-order valence-corrected chi connectivity index (χ3v) is 6.20. The lowest BCUT2D eigenvalue weighted by Crippen LogP contribution is -2.43. The first-order chi connectivity index (χ1) is 17.0. The maximum Gasteiger partial charge on any atom is 0.303 e. The van der Waals surface area contributed by atoms with Gasteiger partial charge in [-0.15, -0.1) is 0 Å². The molecule has 0 saturated carbocycles. The van der Waals surface area contributed by atoms with E-state index in [4.69, 9.17) is 18.9 Å². The van der Waals surface area contributed by atoms with Gasteiger partial charge in [0.2, 0.25) is 6.10 Å². The standard InChI is InChI=1S/C28H29NO6/c1-18(30)35-27(20-8-6-5-7-9-20)28(31)29-15-14-21-16-24(33-3)25(34-4)17-23(21)26(29)19-10-12-22(32-2)13-11-19/h5-13,16-17,26-27H,14-15H2,1-4H3/t26-,27+/m1/s1. The Bertz CT molecular complexity index is 1190. The molecule has 4 rings (SSSR count). The summed E-state index contributed by atoms with van der Waals surface area (Å²) in [6.07, 6.45) is -0.425. The zero-order valence-corrected chi connectivity index (χ0v) is 20.3. The number of amides is 1. The summed E-state index contributed by atoms with van der Waals surface area (Å²) in [6, 6.07) is 20.2. The van der Waals surface area contributed by atoms with E-state index in [1.807, 2.05) is 54.6 Å². The first-order valence-electron chi connectivity index (χ1n) is 11.4. The van der Waals surface area contributed by atoms with Crippen molar-refractivity contribution in [3.05, 3.63) is 89.0 Å². The van der Waals surface area contributed by atoms with Gasteiger partial charge < -0.3 is 23.8 Å². The molecule has 0 saturated heterocycles. The van der Waals surface area contributed by atoms with Crippen molar-refractivity contribution in [1.29, 1.82) is 0 Å². The Labute approximate surface area is 205 Å². The van der Waals surface area contributed by atoms with Crippen LogP contribution >= 0.6 is 0 Å². The Morgan fingerprint density at radius 1 is 0.886 bits per heavy atom. The second-order valence-electron chi connectivity index (χ2n) is 8.26. The molecule has 0 radical (unpaired) electrons. The minimum absolute atomic E-state index is 0.285. The Morgan fingerprint density at radius 2 is 1.54 bits per heavy atom. The van der Waals surface area contributed by atoms with Gasteiger partial charge in [0.05, 0.1) is 27.4 Å². The number of esters is 1. The molecule has 35 heavy (non-hydrogen) atoms. The van der Waals surface area contributed by atoms with Gasteiger partial charge in [-0.25, -0.2) is 0 Å². The van der Waals surface area contributed by atoms with Gasteiger partial charge in [-0.3, -0.25) is 9.59 Å². The predicted molar refractivity (Wildman–Crippen MR) is 131 cm³/mol. The van der Waals surface area contributed by atoms with E-state index in [-0.39, 0.29) is 5.91 Å². The summed E-state index contributed by atoms with van der Waals surface area (Å²) in [4.78, 5) is 27.7. The number of ether oxygens (including phenoxy) is 4. The maximum absolute atomic E-state index is 14.0. The van der Waals surface area contributed by atoms with E-state index in [1.165, 1.54) is 6.92 Å². The largest absolute Gasteiger partial charge is 0.497 e. The summed E-state index contributed by atoms with van der Waals surface area (Å²) in [7, 11) is 4.80. The van der Waals surface area contributed by atoms with Gasteiger partial charge in [0, 0.05) is 19.0 Å². The van der Waals surface area contributed by atoms with Crippen LogP contribution in [-0.4, -0.2) is 44.7 Å². The molecule has 0 aliphatic carbocycles. The van der Waals surface area contributed by atoms with Crippen LogP contribution in [0.5, 0.6) is 17.2 Å². The SMILES string of the molecule is COc1ccc([C@@H]2c3cc(OC)c(OC)cc3CCN2C(=O)[C@@H](OC(C)=O)c2ccccc2)cc1. The second-order valence-corrected chi connectivity index (χ2v) is 8.26. The highest BCUT2D eigenvalue weighted by Crippen LogP contribution is 2.42. The molecule has 0 aromatic heterocycles. The fourth-order valence-corrected chi connectivity index (χ4v) is 4.53. The molecule has 0 bridgehead atoms. The van der Waals surface area contributed by atoms with Crippen molar-refractivity contribution in [2.24, 2.45) is 0 Å². The number of hydrogen-bond donors (Lipinski definition) is 0. The lowest BCUT2D eigenvalue weighted by Gasteiger charge is -2.39. The first-order valence-corrected chi connectivity index (χ1v) is 11.4. The maximum atomic E-state index is 14.0. The predicted octanol–water partition coefficient (Wildman–Crippen LogP) is 4.49. The molecule has 3 aromatic carbocycles. The van der Waals surface area contributed by atoms with E-state index in [1.54, 1.807) is 38.4 Å². The van der Waals surface area contributed by atoms with E-state index in [0.29, 0.717) is 30.0 Å². The van der Waals surface area contributed by atoms with Crippen LogP contribution < -0.4 is 14.2 Å². The topological polar surface area (TPSA) is 74.3 Å². The number of nitrogens with zero attached hydrogens (tertiary/aromatic N) is 1. The van der Waals surface area contributed by atoms with Gasteiger partial charge in [0.1, 0.15) is 5.75 Å². The lowest BCUT2D eigenvalue weighted by atomic mass is 9.87.